The van der Waals surface area contributed by atoms with Gasteiger partial charge < -0.3 is 11.1 Å². The molecule has 31 heavy (non-hydrogen) atoms. The molecule has 1 fully saturated rings. The third kappa shape index (κ3) is 5.05. The van der Waals surface area contributed by atoms with E-state index in [1.165, 1.54) is 0 Å². The van der Waals surface area contributed by atoms with Crippen LogP contribution in [0, 0.1) is 0 Å². The average Bonchev–Trinajstić information content (AvgIpc) is 2.74. The Balaban J connectivity index is 1.86. The SMILES string of the molecule is CCCS(=O)(=O)N1CCC(c2ccccc2)(C(C)NC(=O)c2ccc(Cl)cc2N)CC1. The highest BCUT2D eigenvalue weighted by Crippen LogP contribution is 2.39. The Hall–Kier alpha value is -2.09. The maximum absolute atomic E-state index is 13.0. The number of hydrogen-bond donors (Lipinski definition) is 2. The van der Waals surface area contributed by atoms with Gasteiger partial charge in [-0.1, -0.05) is 48.9 Å². The molecule has 1 heterocycles. The van der Waals surface area contributed by atoms with E-state index >= 15 is 0 Å². The molecule has 1 amide bonds. The lowest BCUT2D eigenvalue weighted by Crippen LogP contribution is -2.55. The molecular formula is C23H30ClN3O3S. The van der Waals surface area contributed by atoms with Crippen molar-refractivity contribution < 1.29 is 13.2 Å². The number of nitrogens with zero attached hydrogens (tertiary/aromatic N) is 1. The first-order valence-corrected chi connectivity index (χ1v) is 12.6. The van der Waals surface area contributed by atoms with Crippen molar-refractivity contribution in [3.63, 3.8) is 0 Å². The maximum Gasteiger partial charge on any atom is 0.253 e. The number of carbonyl (C=O) groups excluding carboxylic acids is 1. The lowest BCUT2D eigenvalue weighted by atomic mass is 9.68. The largest absolute Gasteiger partial charge is 0.398 e. The van der Waals surface area contributed by atoms with Gasteiger partial charge in [0.15, 0.2) is 0 Å². The van der Waals surface area contributed by atoms with Crippen molar-refractivity contribution in [2.24, 2.45) is 0 Å². The van der Waals surface area contributed by atoms with Crippen LogP contribution in [-0.2, 0) is 15.4 Å². The molecule has 168 valence electrons. The number of amides is 1. The number of halogens is 1. The van der Waals surface area contributed by atoms with E-state index in [1.807, 2.05) is 32.0 Å². The smallest absolute Gasteiger partial charge is 0.253 e. The summed E-state index contributed by atoms with van der Waals surface area (Å²) < 4.78 is 26.7. The zero-order chi connectivity index (χ0) is 22.6. The summed E-state index contributed by atoms with van der Waals surface area (Å²) in [5.41, 5.74) is 7.42. The third-order valence-corrected chi connectivity index (χ3v) is 8.56. The summed E-state index contributed by atoms with van der Waals surface area (Å²) in [5, 5.41) is 3.59. The molecule has 0 radical (unpaired) electrons. The van der Waals surface area contributed by atoms with Crippen LogP contribution < -0.4 is 11.1 Å². The molecule has 0 spiro atoms. The van der Waals surface area contributed by atoms with E-state index in [1.54, 1.807) is 22.5 Å². The lowest BCUT2D eigenvalue weighted by molar-refractivity contribution is 0.0896. The molecule has 0 bridgehead atoms. The van der Waals surface area contributed by atoms with Crippen molar-refractivity contribution >= 4 is 33.2 Å². The normalized spacial score (nSPS) is 17.8. The van der Waals surface area contributed by atoms with Gasteiger partial charge in [0, 0.05) is 35.3 Å². The first kappa shape index (κ1) is 23.6. The Labute approximate surface area is 189 Å². The van der Waals surface area contributed by atoms with Gasteiger partial charge in [0.05, 0.1) is 11.3 Å². The van der Waals surface area contributed by atoms with Crippen LogP contribution in [0.25, 0.3) is 0 Å². The number of piperidine rings is 1. The van der Waals surface area contributed by atoms with Crippen LogP contribution in [0.4, 0.5) is 5.69 Å². The van der Waals surface area contributed by atoms with Crippen molar-refractivity contribution in [2.45, 2.75) is 44.6 Å². The fourth-order valence-electron chi connectivity index (χ4n) is 4.45. The minimum absolute atomic E-state index is 0.160. The summed E-state index contributed by atoms with van der Waals surface area (Å²) in [6.45, 7) is 4.71. The van der Waals surface area contributed by atoms with Gasteiger partial charge in [-0.2, -0.15) is 0 Å². The van der Waals surface area contributed by atoms with Crippen molar-refractivity contribution in [3.8, 4) is 0 Å². The summed E-state index contributed by atoms with van der Waals surface area (Å²) >= 11 is 5.96. The fourth-order valence-corrected chi connectivity index (χ4v) is 6.14. The molecular weight excluding hydrogens is 434 g/mol. The van der Waals surface area contributed by atoms with Crippen LogP contribution in [0.1, 0.15) is 49.0 Å². The van der Waals surface area contributed by atoms with Crippen LogP contribution in [0.3, 0.4) is 0 Å². The molecule has 1 unspecified atom stereocenters. The summed E-state index contributed by atoms with van der Waals surface area (Å²) in [6.07, 6.45) is 1.84. The van der Waals surface area contributed by atoms with Crippen LogP contribution in [0.2, 0.25) is 5.02 Å². The molecule has 3 N–H and O–H groups in total. The Morgan fingerprint density at radius 2 is 1.84 bits per heavy atom. The van der Waals surface area contributed by atoms with Gasteiger partial charge in [-0.15, -0.1) is 0 Å². The number of anilines is 1. The van der Waals surface area contributed by atoms with Crippen molar-refractivity contribution in [2.75, 3.05) is 24.6 Å². The average molecular weight is 464 g/mol. The quantitative estimate of drug-likeness (QED) is 0.610. The van der Waals surface area contributed by atoms with E-state index in [4.69, 9.17) is 17.3 Å². The zero-order valence-corrected chi connectivity index (χ0v) is 19.5. The second-order valence-corrected chi connectivity index (χ2v) is 10.7. The van der Waals surface area contributed by atoms with E-state index in [-0.39, 0.29) is 23.1 Å². The first-order chi connectivity index (χ1) is 14.7. The predicted octanol–water partition coefficient (Wildman–Crippen LogP) is 3.81. The van der Waals surface area contributed by atoms with Crippen molar-refractivity contribution in [1.29, 1.82) is 0 Å². The predicted molar refractivity (Wildman–Crippen MR) is 126 cm³/mol. The number of hydrogen-bond acceptors (Lipinski definition) is 4. The summed E-state index contributed by atoms with van der Waals surface area (Å²) in [4.78, 5) is 13.0. The number of sulfonamides is 1. The molecule has 0 aromatic heterocycles. The first-order valence-electron chi connectivity index (χ1n) is 10.6. The van der Waals surface area contributed by atoms with Crippen molar-refractivity contribution in [1.82, 2.24) is 9.62 Å². The van der Waals surface area contributed by atoms with Crippen LogP contribution in [-0.4, -0.2) is 43.5 Å². The summed E-state index contributed by atoms with van der Waals surface area (Å²) in [7, 11) is -3.25. The van der Waals surface area contributed by atoms with Gasteiger partial charge in [-0.25, -0.2) is 12.7 Å². The van der Waals surface area contributed by atoms with Crippen molar-refractivity contribution in [3.05, 3.63) is 64.7 Å². The van der Waals surface area contributed by atoms with E-state index in [9.17, 15) is 13.2 Å². The van der Waals surface area contributed by atoms with Crippen LogP contribution in [0.15, 0.2) is 48.5 Å². The Morgan fingerprint density at radius 1 is 1.19 bits per heavy atom. The van der Waals surface area contributed by atoms with Crippen LogP contribution >= 0.6 is 11.6 Å². The standard InChI is InChI=1S/C23H30ClN3O3S/c1-3-15-31(29,30)27-13-11-23(12-14-27,18-7-5-4-6-8-18)17(2)26-22(28)20-10-9-19(24)16-21(20)25/h4-10,16-17H,3,11-15,25H2,1-2H3,(H,26,28). The second kappa shape index (κ2) is 9.59. The second-order valence-electron chi connectivity index (χ2n) is 8.16. The number of rotatable bonds is 7. The molecule has 8 heteroatoms. The van der Waals surface area contributed by atoms with Crippen LogP contribution in [0.5, 0.6) is 0 Å². The fraction of sp³-hybridized carbons (Fsp3) is 0.435. The van der Waals surface area contributed by atoms with E-state index in [0.29, 0.717) is 48.6 Å². The van der Waals surface area contributed by atoms with Gasteiger partial charge in [-0.05, 0) is 49.9 Å². The topological polar surface area (TPSA) is 92.5 Å². The number of carbonyl (C=O) groups is 1. The highest BCUT2D eigenvalue weighted by atomic mass is 35.5. The molecule has 6 nitrogen and oxygen atoms in total. The molecule has 3 rings (SSSR count). The monoisotopic (exact) mass is 463 g/mol. The molecule has 1 aliphatic rings. The molecule has 1 saturated heterocycles. The van der Waals surface area contributed by atoms with E-state index in [2.05, 4.69) is 17.4 Å². The summed E-state index contributed by atoms with van der Waals surface area (Å²) in [6, 6.07) is 14.6. The number of benzene rings is 2. The van der Waals surface area contributed by atoms with E-state index < -0.39 is 10.0 Å². The number of nitrogen functional groups attached to an aromatic ring is 1. The third-order valence-electron chi connectivity index (χ3n) is 6.25. The van der Waals surface area contributed by atoms with Gasteiger partial charge in [0.2, 0.25) is 10.0 Å². The molecule has 2 aromatic carbocycles. The molecule has 1 atom stereocenters. The highest BCUT2D eigenvalue weighted by molar-refractivity contribution is 7.89. The highest BCUT2D eigenvalue weighted by Gasteiger charge is 2.43. The van der Waals surface area contributed by atoms with Gasteiger partial charge >= 0.3 is 0 Å². The Morgan fingerprint density at radius 3 is 2.42 bits per heavy atom. The molecule has 0 saturated carbocycles. The van der Waals surface area contributed by atoms with Gasteiger partial charge in [0.25, 0.3) is 5.91 Å². The van der Waals surface area contributed by atoms with E-state index in [0.717, 1.165) is 5.56 Å². The Bertz CT molecular complexity index is 1020. The number of nitrogens with two attached hydrogens (primary N) is 1. The summed E-state index contributed by atoms with van der Waals surface area (Å²) in [5.74, 6) is -0.106. The van der Waals surface area contributed by atoms with Gasteiger partial charge in [-0.3, -0.25) is 4.79 Å². The molecule has 2 aromatic rings. The lowest BCUT2D eigenvalue weighted by Gasteiger charge is -2.45. The minimum atomic E-state index is -3.25. The molecule has 1 aliphatic heterocycles. The maximum atomic E-state index is 13.0. The molecule has 0 aliphatic carbocycles. The Kier molecular flexibility index (Phi) is 7.29. The minimum Gasteiger partial charge on any atom is -0.398 e. The number of nitrogens with one attached hydrogen (secondary N) is 1. The zero-order valence-electron chi connectivity index (χ0n) is 18.0. The van der Waals surface area contributed by atoms with Gasteiger partial charge in [0.1, 0.15) is 0 Å².